The minimum absolute atomic E-state index is 0.536. The zero-order valence-electron chi connectivity index (χ0n) is 33.2. The fourth-order valence-electron chi connectivity index (χ4n) is 8.66. The van der Waals surface area contributed by atoms with Crippen LogP contribution >= 0.6 is 0 Å². The Labute approximate surface area is 289 Å². The molecule has 0 unspecified atom stereocenters. The normalized spacial score (nSPS) is 12.4. The summed E-state index contributed by atoms with van der Waals surface area (Å²) in [4.78, 5) is 0. The van der Waals surface area contributed by atoms with Gasteiger partial charge in [-0.1, -0.05) is 247 Å². The van der Waals surface area contributed by atoms with E-state index in [0.717, 1.165) is 0 Å². The van der Waals surface area contributed by atoms with Crippen LogP contribution in [-0.2, 0) is 0 Å². The molecular formula is C45H92. The molecule has 0 atom stereocenters. The lowest BCUT2D eigenvalue weighted by molar-refractivity contribution is -0.000229. The van der Waals surface area contributed by atoms with Gasteiger partial charge in [0.05, 0.1) is 0 Å². The molecule has 0 fully saturated rings. The predicted molar refractivity (Wildman–Crippen MR) is 210 cm³/mol. The Balaban J connectivity index is 5.34. The third kappa shape index (κ3) is 24.8. The second kappa shape index (κ2) is 33.9. The highest BCUT2D eigenvalue weighted by Crippen LogP contribution is 2.55. The summed E-state index contributed by atoms with van der Waals surface area (Å²) in [6.45, 7) is 14.8. The minimum Gasteiger partial charge on any atom is -0.0654 e. The first kappa shape index (κ1) is 45.0. The van der Waals surface area contributed by atoms with Crippen molar-refractivity contribution in [3.8, 4) is 0 Å². The smallest absolute Gasteiger partial charge is 0.0246 e. The molecule has 0 heteroatoms. The van der Waals surface area contributed by atoms with E-state index in [1.54, 1.807) is 0 Å². The zero-order chi connectivity index (χ0) is 33.2. The molecule has 0 aliphatic heterocycles. The fourth-order valence-corrected chi connectivity index (χ4v) is 8.66. The van der Waals surface area contributed by atoms with Crippen LogP contribution in [0, 0.1) is 10.8 Å². The molecule has 0 saturated carbocycles. The summed E-state index contributed by atoms with van der Waals surface area (Å²) in [7, 11) is 0. The van der Waals surface area contributed by atoms with Crippen molar-refractivity contribution in [1.29, 1.82) is 0 Å². The van der Waals surface area contributed by atoms with Crippen LogP contribution in [0.4, 0.5) is 0 Å². The Bertz CT molecular complexity index is 506. The number of rotatable bonds is 38. The average Bonchev–Trinajstić information content (AvgIpc) is 3.05. The second-order valence-electron chi connectivity index (χ2n) is 16.1. The topological polar surface area (TPSA) is 0 Å². The van der Waals surface area contributed by atoms with Gasteiger partial charge in [0.1, 0.15) is 0 Å². The molecule has 0 bridgehead atoms. The zero-order valence-corrected chi connectivity index (χ0v) is 33.2. The minimum atomic E-state index is 0.536. The molecule has 0 amide bonds. The molecule has 0 aromatic rings. The van der Waals surface area contributed by atoms with Gasteiger partial charge in [-0.3, -0.25) is 0 Å². The first-order chi connectivity index (χ1) is 22.1. The van der Waals surface area contributed by atoms with Crippen molar-refractivity contribution in [3.63, 3.8) is 0 Å². The van der Waals surface area contributed by atoms with E-state index in [4.69, 9.17) is 0 Å². The van der Waals surface area contributed by atoms with Crippen molar-refractivity contribution in [2.75, 3.05) is 0 Å². The van der Waals surface area contributed by atoms with E-state index in [-0.39, 0.29) is 0 Å². The van der Waals surface area contributed by atoms with E-state index in [1.165, 1.54) is 238 Å². The van der Waals surface area contributed by atoms with Gasteiger partial charge >= 0.3 is 0 Å². The largest absolute Gasteiger partial charge is 0.0654 e. The Hall–Kier alpha value is 0. The molecule has 0 rings (SSSR count). The lowest BCUT2D eigenvalue weighted by atomic mass is 9.54. The summed E-state index contributed by atoms with van der Waals surface area (Å²) in [5, 5.41) is 0. The molecule has 0 aromatic heterocycles. The quantitative estimate of drug-likeness (QED) is 0.0594. The highest BCUT2D eigenvalue weighted by atomic mass is 14.5. The fraction of sp³-hybridized carbons (Fsp3) is 1.00. The van der Waals surface area contributed by atoms with Crippen molar-refractivity contribution in [3.05, 3.63) is 0 Å². The van der Waals surface area contributed by atoms with Gasteiger partial charge in [-0.2, -0.15) is 0 Å². The van der Waals surface area contributed by atoms with E-state index in [0.29, 0.717) is 10.8 Å². The van der Waals surface area contributed by atoms with Crippen molar-refractivity contribution in [1.82, 2.24) is 0 Å². The van der Waals surface area contributed by atoms with E-state index >= 15 is 0 Å². The maximum absolute atomic E-state index is 2.81. The molecule has 0 N–H and O–H groups in total. The standard InChI is InChI=1S/C45H92/c1-7-12-16-20-24-28-32-36-40-44(6,41-37-33-29-25-21-17-13-8-2)45(11-5,42-38-34-30-26-22-18-14-9-3)43-39-35-31-27-23-19-15-10-4/h7-43H2,1-6H3. The molecule has 45 heavy (non-hydrogen) atoms. The van der Waals surface area contributed by atoms with Gasteiger partial charge in [0.25, 0.3) is 0 Å². The van der Waals surface area contributed by atoms with Crippen molar-refractivity contribution < 1.29 is 0 Å². The first-order valence-corrected chi connectivity index (χ1v) is 22.1. The van der Waals surface area contributed by atoms with E-state index in [2.05, 4.69) is 41.5 Å². The molecule has 0 saturated heterocycles. The summed E-state index contributed by atoms with van der Waals surface area (Å²) < 4.78 is 0. The van der Waals surface area contributed by atoms with Crippen LogP contribution in [0.25, 0.3) is 0 Å². The summed E-state index contributed by atoms with van der Waals surface area (Å²) in [5.41, 5.74) is 1.11. The van der Waals surface area contributed by atoms with Gasteiger partial charge in [-0.05, 0) is 42.9 Å². The number of unbranched alkanes of at least 4 members (excludes halogenated alkanes) is 28. The Kier molecular flexibility index (Phi) is 33.9. The summed E-state index contributed by atoms with van der Waals surface area (Å²) in [6, 6.07) is 0. The van der Waals surface area contributed by atoms with Crippen LogP contribution in [0.3, 0.4) is 0 Å². The Morgan fingerprint density at radius 2 is 0.444 bits per heavy atom. The highest BCUT2D eigenvalue weighted by Gasteiger charge is 2.44. The van der Waals surface area contributed by atoms with Crippen LogP contribution in [0.5, 0.6) is 0 Å². The molecule has 0 heterocycles. The van der Waals surface area contributed by atoms with Gasteiger partial charge in [-0.15, -0.1) is 0 Å². The van der Waals surface area contributed by atoms with Gasteiger partial charge in [-0.25, -0.2) is 0 Å². The molecule has 272 valence electrons. The van der Waals surface area contributed by atoms with Gasteiger partial charge in [0, 0.05) is 0 Å². The van der Waals surface area contributed by atoms with Crippen LogP contribution < -0.4 is 0 Å². The molecule has 0 aliphatic rings. The van der Waals surface area contributed by atoms with Crippen LogP contribution in [0.15, 0.2) is 0 Å². The highest BCUT2D eigenvalue weighted by molar-refractivity contribution is 4.95. The molecule has 0 spiro atoms. The molecule has 0 aromatic carbocycles. The maximum Gasteiger partial charge on any atom is -0.0246 e. The van der Waals surface area contributed by atoms with Gasteiger partial charge in [0.2, 0.25) is 0 Å². The lowest BCUT2D eigenvalue weighted by Crippen LogP contribution is -2.40. The SMILES string of the molecule is CCCCCCCCCCC(C)(CCCCCCCCCC)C(CC)(CCCCCCCCCC)CCCCCCCCCC. The molecule has 0 radical (unpaired) electrons. The Morgan fingerprint density at radius 1 is 0.244 bits per heavy atom. The molecular weight excluding hydrogens is 540 g/mol. The van der Waals surface area contributed by atoms with E-state index in [9.17, 15) is 0 Å². The third-order valence-electron chi connectivity index (χ3n) is 12.1. The summed E-state index contributed by atoms with van der Waals surface area (Å²) >= 11 is 0. The van der Waals surface area contributed by atoms with Crippen molar-refractivity contribution >= 4 is 0 Å². The number of hydrogen-bond acceptors (Lipinski definition) is 0. The van der Waals surface area contributed by atoms with Gasteiger partial charge in [0.15, 0.2) is 0 Å². The van der Waals surface area contributed by atoms with Crippen molar-refractivity contribution in [2.45, 2.75) is 279 Å². The van der Waals surface area contributed by atoms with E-state index < -0.39 is 0 Å². The average molecular weight is 633 g/mol. The second-order valence-corrected chi connectivity index (χ2v) is 16.1. The summed E-state index contributed by atoms with van der Waals surface area (Å²) in [6.07, 6.45) is 54.1. The predicted octanol–water partition coefficient (Wildman–Crippen LogP) is 17.5. The Morgan fingerprint density at radius 3 is 0.667 bits per heavy atom. The number of hydrogen-bond donors (Lipinski definition) is 0. The monoisotopic (exact) mass is 633 g/mol. The molecule has 0 nitrogen and oxygen atoms in total. The molecule has 0 aliphatic carbocycles. The summed E-state index contributed by atoms with van der Waals surface area (Å²) in [5.74, 6) is 0. The van der Waals surface area contributed by atoms with E-state index in [1.807, 2.05) is 0 Å². The third-order valence-corrected chi connectivity index (χ3v) is 12.1. The first-order valence-electron chi connectivity index (χ1n) is 22.1. The maximum atomic E-state index is 2.81. The van der Waals surface area contributed by atoms with Crippen LogP contribution in [0.1, 0.15) is 279 Å². The van der Waals surface area contributed by atoms with Crippen molar-refractivity contribution in [2.24, 2.45) is 10.8 Å². The van der Waals surface area contributed by atoms with Crippen LogP contribution in [0.2, 0.25) is 0 Å². The van der Waals surface area contributed by atoms with Gasteiger partial charge < -0.3 is 0 Å². The van der Waals surface area contributed by atoms with Crippen LogP contribution in [-0.4, -0.2) is 0 Å². The lowest BCUT2D eigenvalue weighted by Gasteiger charge is -2.50.